The van der Waals surface area contributed by atoms with Gasteiger partial charge in [-0.2, -0.15) is 4.98 Å². The Bertz CT molecular complexity index is 484. The van der Waals surface area contributed by atoms with E-state index < -0.39 is 0 Å². The Morgan fingerprint density at radius 3 is 2.87 bits per heavy atom. The molecule has 0 unspecified atom stereocenters. The molecule has 1 aromatic heterocycles. The van der Waals surface area contributed by atoms with Gasteiger partial charge in [-0.25, -0.2) is 4.39 Å². The van der Waals surface area contributed by atoms with Crippen LogP contribution in [0.2, 0.25) is 0 Å². The molecule has 0 N–H and O–H groups in total. The van der Waals surface area contributed by atoms with Crippen molar-refractivity contribution in [3.63, 3.8) is 0 Å². The van der Waals surface area contributed by atoms with Crippen LogP contribution in [0.3, 0.4) is 0 Å². The van der Waals surface area contributed by atoms with E-state index in [0.29, 0.717) is 11.7 Å². The molecular weight excluding hydrogens is 219 g/mol. The number of alkyl halides is 1. The molecule has 0 radical (unpaired) electrons. The van der Waals surface area contributed by atoms with E-state index in [4.69, 9.17) is 16.1 Å². The van der Waals surface area contributed by atoms with Crippen molar-refractivity contribution in [2.45, 2.75) is 12.8 Å². The van der Waals surface area contributed by atoms with Gasteiger partial charge in [-0.3, -0.25) is 0 Å². The van der Waals surface area contributed by atoms with E-state index in [9.17, 15) is 4.39 Å². The van der Waals surface area contributed by atoms with Crippen LogP contribution in [-0.4, -0.2) is 10.1 Å². The molecule has 0 spiro atoms. The van der Waals surface area contributed by atoms with Gasteiger partial charge in [0.2, 0.25) is 11.7 Å². The summed E-state index contributed by atoms with van der Waals surface area (Å²) in [5.74, 6) is 0.684. The minimum absolute atomic E-state index is 0.174. The minimum atomic E-state index is -0.280. The van der Waals surface area contributed by atoms with Crippen LogP contribution in [0.15, 0.2) is 22.7 Å². The van der Waals surface area contributed by atoms with Crippen molar-refractivity contribution in [1.29, 1.82) is 0 Å². The van der Waals surface area contributed by atoms with Crippen molar-refractivity contribution in [2.24, 2.45) is 0 Å². The van der Waals surface area contributed by atoms with Gasteiger partial charge >= 0.3 is 0 Å². The van der Waals surface area contributed by atoms with Gasteiger partial charge in [0.25, 0.3) is 0 Å². The zero-order valence-corrected chi connectivity index (χ0v) is 8.75. The van der Waals surface area contributed by atoms with Gasteiger partial charge < -0.3 is 4.52 Å². The highest BCUT2D eigenvalue weighted by Crippen LogP contribution is 2.21. The normalized spacial score (nSPS) is 10.6. The lowest BCUT2D eigenvalue weighted by molar-refractivity contribution is 0.391. The van der Waals surface area contributed by atoms with Crippen molar-refractivity contribution in [2.75, 3.05) is 0 Å². The summed E-state index contributed by atoms with van der Waals surface area (Å²) < 4.78 is 17.7. The summed E-state index contributed by atoms with van der Waals surface area (Å²) >= 11 is 5.54. The quantitative estimate of drug-likeness (QED) is 0.739. The summed E-state index contributed by atoms with van der Waals surface area (Å²) in [4.78, 5) is 4.06. The highest BCUT2D eigenvalue weighted by Gasteiger charge is 2.10. The zero-order chi connectivity index (χ0) is 10.8. The van der Waals surface area contributed by atoms with Crippen LogP contribution in [0.25, 0.3) is 11.4 Å². The number of aryl methyl sites for hydroxylation is 1. The number of nitrogens with zero attached hydrogens (tertiary/aromatic N) is 2. The Hall–Kier alpha value is -1.42. The fraction of sp³-hybridized carbons (Fsp3) is 0.200. The van der Waals surface area contributed by atoms with Gasteiger partial charge in [0.15, 0.2) is 0 Å². The van der Waals surface area contributed by atoms with Crippen LogP contribution >= 0.6 is 11.6 Å². The lowest BCUT2D eigenvalue weighted by Crippen LogP contribution is -1.87. The van der Waals surface area contributed by atoms with Crippen LogP contribution in [0.1, 0.15) is 11.5 Å². The van der Waals surface area contributed by atoms with E-state index in [0.717, 1.165) is 11.1 Å². The van der Waals surface area contributed by atoms with Crippen LogP contribution in [0.4, 0.5) is 4.39 Å². The molecule has 5 heteroatoms. The monoisotopic (exact) mass is 226 g/mol. The summed E-state index contributed by atoms with van der Waals surface area (Å²) in [6.07, 6.45) is 0. The highest BCUT2D eigenvalue weighted by atomic mass is 35.5. The Morgan fingerprint density at radius 2 is 2.27 bits per heavy atom. The fourth-order valence-corrected chi connectivity index (χ4v) is 1.41. The average molecular weight is 227 g/mol. The summed E-state index contributed by atoms with van der Waals surface area (Å²) in [5, 5.41) is 3.75. The second-order valence-electron chi connectivity index (χ2n) is 3.10. The van der Waals surface area contributed by atoms with Crippen LogP contribution in [0, 0.1) is 12.7 Å². The van der Waals surface area contributed by atoms with Crippen LogP contribution in [-0.2, 0) is 5.88 Å². The largest absolute Gasteiger partial charge is 0.338 e. The summed E-state index contributed by atoms with van der Waals surface area (Å²) in [6, 6.07) is 4.40. The summed E-state index contributed by atoms with van der Waals surface area (Å²) in [7, 11) is 0. The van der Waals surface area contributed by atoms with Crippen molar-refractivity contribution >= 4 is 11.6 Å². The van der Waals surface area contributed by atoms with Gasteiger partial charge in [0.05, 0.1) is 0 Å². The summed E-state index contributed by atoms with van der Waals surface area (Å²) in [6.45, 7) is 1.79. The number of rotatable bonds is 2. The molecule has 0 saturated carbocycles. The van der Waals surface area contributed by atoms with Crippen molar-refractivity contribution in [3.8, 4) is 11.4 Å². The average Bonchev–Trinajstić information content (AvgIpc) is 2.66. The fourth-order valence-electron chi connectivity index (χ4n) is 1.30. The molecule has 2 rings (SSSR count). The van der Waals surface area contributed by atoms with E-state index in [1.54, 1.807) is 13.0 Å². The first-order valence-electron chi connectivity index (χ1n) is 4.36. The number of hydrogen-bond donors (Lipinski definition) is 0. The number of hydrogen-bond acceptors (Lipinski definition) is 3. The Kier molecular flexibility index (Phi) is 2.68. The van der Waals surface area contributed by atoms with Crippen molar-refractivity contribution in [3.05, 3.63) is 35.5 Å². The molecule has 0 bridgehead atoms. The molecular formula is C10H8ClFN2O. The second-order valence-corrected chi connectivity index (χ2v) is 3.37. The first-order chi connectivity index (χ1) is 7.20. The van der Waals surface area contributed by atoms with Gasteiger partial charge in [-0.1, -0.05) is 5.16 Å². The third kappa shape index (κ3) is 1.99. The highest BCUT2D eigenvalue weighted by molar-refractivity contribution is 6.16. The first kappa shape index (κ1) is 10.1. The minimum Gasteiger partial charge on any atom is -0.338 e. The van der Waals surface area contributed by atoms with Crippen molar-refractivity contribution in [1.82, 2.24) is 10.1 Å². The molecule has 0 aliphatic heterocycles. The van der Waals surface area contributed by atoms with E-state index in [1.165, 1.54) is 12.1 Å². The SMILES string of the molecule is Cc1cc(F)ccc1-c1noc(CCl)n1. The van der Waals surface area contributed by atoms with E-state index in [-0.39, 0.29) is 11.7 Å². The summed E-state index contributed by atoms with van der Waals surface area (Å²) in [5.41, 5.74) is 1.51. The zero-order valence-electron chi connectivity index (χ0n) is 8.00. The standard InChI is InChI=1S/C10H8ClFN2O/c1-6-4-7(12)2-3-8(6)10-13-9(5-11)15-14-10/h2-4H,5H2,1H3. The molecule has 0 atom stereocenters. The van der Waals surface area contributed by atoms with E-state index in [1.807, 2.05) is 0 Å². The smallest absolute Gasteiger partial charge is 0.241 e. The molecule has 0 saturated heterocycles. The van der Waals surface area contributed by atoms with Crippen molar-refractivity contribution < 1.29 is 8.91 Å². The predicted molar refractivity (Wildman–Crippen MR) is 54.0 cm³/mol. The third-order valence-electron chi connectivity index (χ3n) is 2.01. The first-order valence-corrected chi connectivity index (χ1v) is 4.89. The molecule has 0 aliphatic carbocycles. The molecule has 15 heavy (non-hydrogen) atoms. The van der Waals surface area contributed by atoms with E-state index in [2.05, 4.69) is 10.1 Å². The van der Waals surface area contributed by atoms with E-state index >= 15 is 0 Å². The van der Waals surface area contributed by atoms with Crippen LogP contribution in [0.5, 0.6) is 0 Å². The maximum absolute atomic E-state index is 12.8. The number of halogens is 2. The van der Waals surface area contributed by atoms with Gasteiger partial charge in [-0.15, -0.1) is 11.6 Å². The second kappa shape index (κ2) is 3.98. The maximum atomic E-state index is 12.8. The molecule has 1 heterocycles. The van der Waals surface area contributed by atoms with Crippen LogP contribution < -0.4 is 0 Å². The number of aromatic nitrogens is 2. The third-order valence-corrected chi connectivity index (χ3v) is 2.24. The topological polar surface area (TPSA) is 38.9 Å². The lowest BCUT2D eigenvalue weighted by Gasteiger charge is -1.99. The predicted octanol–water partition coefficient (Wildman–Crippen LogP) is 2.92. The molecule has 3 nitrogen and oxygen atoms in total. The Morgan fingerprint density at radius 1 is 1.47 bits per heavy atom. The molecule has 1 aromatic carbocycles. The number of benzene rings is 1. The molecule has 0 amide bonds. The lowest BCUT2D eigenvalue weighted by atomic mass is 10.1. The van der Waals surface area contributed by atoms with Gasteiger partial charge in [0, 0.05) is 5.56 Å². The molecule has 0 fully saturated rings. The van der Waals surface area contributed by atoms with Gasteiger partial charge in [-0.05, 0) is 30.7 Å². The Balaban J connectivity index is 2.44. The van der Waals surface area contributed by atoms with Gasteiger partial charge in [0.1, 0.15) is 11.7 Å². The molecule has 78 valence electrons. The maximum Gasteiger partial charge on any atom is 0.241 e. The molecule has 2 aromatic rings. The molecule has 0 aliphatic rings. The Labute approximate surface area is 90.9 Å².